The van der Waals surface area contributed by atoms with Crippen LogP contribution < -0.4 is 5.32 Å². The van der Waals surface area contributed by atoms with Crippen LogP contribution in [0.1, 0.15) is 36.8 Å². The Balaban J connectivity index is 1.90. The molecule has 1 aromatic rings. The van der Waals surface area contributed by atoms with Crippen molar-refractivity contribution in [2.24, 2.45) is 0 Å². The Morgan fingerprint density at radius 3 is 2.88 bits per heavy atom. The van der Waals surface area contributed by atoms with Gasteiger partial charge < -0.3 is 5.32 Å². The summed E-state index contributed by atoms with van der Waals surface area (Å²) in [4.78, 5) is 11.8. The van der Waals surface area contributed by atoms with Crippen molar-refractivity contribution in [2.45, 2.75) is 38.1 Å². The van der Waals surface area contributed by atoms with Gasteiger partial charge in [0.15, 0.2) is 0 Å². The van der Waals surface area contributed by atoms with Gasteiger partial charge in [0, 0.05) is 6.04 Å². The van der Waals surface area contributed by atoms with Crippen molar-refractivity contribution >= 4 is 12.0 Å². The molecule has 2 rings (SSSR count). The highest BCUT2D eigenvalue weighted by Crippen LogP contribution is 2.17. The van der Waals surface area contributed by atoms with Crippen molar-refractivity contribution in [1.29, 1.82) is 0 Å². The van der Waals surface area contributed by atoms with Crippen LogP contribution in [0, 0.1) is 0 Å². The van der Waals surface area contributed by atoms with Gasteiger partial charge in [0.25, 0.3) is 0 Å². The number of benzene rings is 1. The van der Waals surface area contributed by atoms with E-state index in [0.717, 1.165) is 24.0 Å². The molecule has 1 N–H and O–H groups in total. The maximum atomic E-state index is 11.8. The van der Waals surface area contributed by atoms with E-state index < -0.39 is 0 Å². The molecule has 0 bridgehead atoms. The van der Waals surface area contributed by atoms with Gasteiger partial charge in [-0.1, -0.05) is 49.8 Å². The predicted molar refractivity (Wildman–Crippen MR) is 70.6 cm³/mol. The quantitative estimate of drug-likeness (QED) is 0.845. The average Bonchev–Trinajstić information content (AvgIpc) is 2.82. The molecule has 0 saturated heterocycles. The zero-order valence-corrected chi connectivity index (χ0v) is 10.1. The lowest BCUT2D eigenvalue weighted by Crippen LogP contribution is -2.33. The minimum atomic E-state index is 0.137. The van der Waals surface area contributed by atoms with E-state index in [2.05, 4.69) is 11.9 Å². The summed E-state index contributed by atoms with van der Waals surface area (Å²) < 4.78 is 0. The van der Waals surface area contributed by atoms with Gasteiger partial charge >= 0.3 is 0 Å². The molecule has 2 heteroatoms. The number of rotatable bonds is 4. The van der Waals surface area contributed by atoms with Gasteiger partial charge in [0.05, 0.1) is 6.42 Å². The fourth-order valence-corrected chi connectivity index (χ4v) is 2.36. The monoisotopic (exact) mass is 229 g/mol. The molecule has 90 valence electrons. The van der Waals surface area contributed by atoms with Gasteiger partial charge in [0.1, 0.15) is 0 Å². The van der Waals surface area contributed by atoms with E-state index in [1.165, 1.54) is 12.8 Å². The van der Waals surface area contributed by atoms with Crippen molar-refractivity contribution in [2.75, 3.05) is 0 Å². The number of carbonyl (C=O) groups is 1. The summed E-state index contributed by atoms with van der Waals surface area (Å²) in [6.07, 6.45) is 7.04. The molecule has 0 aliphatic heterocycles. The number of hydrogen-bond donors (Lipinski definition) is 1. The van der Waals surface area contributed by atoms with Crippen LogP contribution in [-0.4, -0.2) is 11.9 Å². The van der Waals surface area contributed by atoms with Crippen LogP contribution in [0.25, 0.3) is 6.08 Å². The highest BCUT2D eigenvalue weighted by Gasteiger charge is 2.16. The third-order valence-corrected chi connectivity index (χ3v) is 3.27. The molecule has 1 fully saturated rings. The summed E-state index contributed by atoms with van der Waals surface area (Å²) in [5, 5.41) is 3.10. The molecule has 0 unspecified atom stereocenters. The van der Waals surface area contributed by atoms with Crippen LogP contribution in [0.3, 0.4) is 0 Å². The first kappa shape index (κ1) is 11.9. The molecule has 1 amide bonds. The summed E-state index contributed by atoms with van der Waals surface area (Å²) in [5.41, 5.74) is 2.12. The van der Waals surface area contributed by atoms with Gasteiger partial charge in [-0.15, -0.1) is 0 Å². The van der Waals surface area contributed by atoms with E-state index in [1.807, 2.05) is 24.3 Å². The van der Waals surface area contributed by atoms with Crippen molar-refractivity contribution in [3.63, 3.8) is 0 Å². The van der Waals surface area contributed by atoms with Gasteiger partial charge in [-0.25, -0.2) is 0 Å². The number of carbonyl (C=O) groups excluding carboxylic acids is 1. The lowest BCUT2D eigenvalue weighted by Gasteiger charge is -2.11. The molecule has 0 atom stereocenters. The van der Waals surface area contributed by atoms with Crippen LogP contribution >= 0.6 is 0 Å². The summed E-state index contributed by atoms with van der Waals surface area (Å²) in [6, 6.07) is 8.37. The fourth-order valence-electron chi connectivity index (χ4n) is 2.36. The molecule has 1 aliphatic carbocycles. The lowest BCUT2D eigenvalue weighted by molar-refractivity contribution is -0.121. The van der Waals surface area contributed by atoms with E-state index >= 15 is 0 Å². The highest BCUT2D eigenvalue weighted by molar-refractivity contribution is 5.79. The van der Waals surface area contributed by atoms with Crippen LogP contribution in [0.15, 0.2) is 30.8 Å². The maximum Gasteiger partial charge on any atom is 0.224 e. The van der Waals surface area contributed by atoms with Crippen LogP contribution in [0.5, 0.6) is 0 Å². The zero-order chi connectivity index (χ0) is 12.1. The Morgan fingerprint density at radius 2 is 2.18 bits per heavy atom. The van der Waals surface area contributed by atoms with E-state index in [-0.39, 0.29) is 5.91 Å². The van der Waals surface area contributed by atoms with E-state index in [0.29, 0.717) is 12.5 Å². The van der Waals surface area contributed by atoms with Gasteiger partial charge in [-0.2, -0.15) is 0 Å². The molecule has 0 radical (unpaired) electrons. The normalized spacial score (nSPS) is 15.8. The first-order valence-electron chi connectivity index (χ1n) is 6.28. The molecule has 17 heavy (non-hydrogen) atoms. The fraction of sp³-hybridized carbons (Fsp3) is 0.400. The molecular formula is C15H19NO. The summed E-state index contributed by atoms with van der Waals surface area (Å²) in [6.45, 7) is 3.73. The van der Waals surface area contributed by atoms with E-state index in [4.69, 9.17) is 0 Å². The van der Waals surface area contributed by atoms with Crippen LogP contribution in [0.4, 0.5) is 0 Å². The Kier molecular flexibility index (Phi) is 3.97. The molecule has 0 aromatic heterocycles. The molecule has 1 aliphatic rings. The minimum absolute atomic E-state index is 0.137. The van der Waals surface area contributed by atoms with Crippen molar-refractivity contribution in [3.05, 3.63) is 42.0 Å². The summed E-state index contributed by atoms with van der Waals surface area (Å²) >= 11 is 0. The predicted octanol–water partition coefficient (Wildman–Crippen LogP) is 2.93. The largest absolute Gasteiger partial charge is 0.353 e. The first-order chi connectivity index (χ1) is 8.28. The number of amides is 1. The van der Waals surface area contributed by atoms with Crippen LogP contribution in [0.2, 0.25) is 0 Å². The van der Waals surface area contributed by atoms with Gasteiger partial charge in [-0.05, 0) is 24.0 Å². The second kappa shape index (κ2) is 5.67. The standard InChI is InChI=1S/C15H19NO/c1-2-12-6-5-7-13(10-12)11-15(17)16-14-8-3-4-9-14/h2,5-7,10,14H,1,3-4,8-9,11H2,(H,16,17). The maximum absolute atomic E-state index is 11.8. The number of hydrogen-bond acceptors (Lipinski definition) is 1. The topological polar surface area (TPSA) is 29.1 Å². The van der Waals surface area contributed by atoms with E-state index in [1.54, 1.807) is 6.08 Å². The highest BCUT2D eigenvalue weighted by atomic mass is 16.1. The third-order valence-electron chi connectivity index (χ3n) is 3.27. The Hall–Kier alpha value is -1.57. The lowest BCUT2D eigenvalue weighted by atomic mass is 10.1. The van der Waals surface area contributed by atoms with E-state index in [9.17, 15) is 4.79 Å². The summed E-state index contributed by atoms with van der Waals surface area (Å²) in [5.74, 6) is 0.137. The van der Waals surface area contributed by atoms with Gasteiger partial charge in [0.2, 0.25) is 5.91 Å². The van der Waals surface area contributed by atoms with Crippen LogP contribution in [-0.2, 0) is 11.2 Å². The zero-order valence-electron chi connectivity index (χ0n) is 10.1. The van der Waals surface area contributed by atoms with Crippen molar-refractivity contribution in [3.8, 4) is 0 Å². The Bertz CT molecular complexity index is 405. The molecular weight excluding hydrogens is 210 g/mol. The SMILES string of the molecule is C=Cc1cccc(CC(=O)NC2CCCC2)c1. The Labute approximate surface area is 103 Å². The molecule has 1 aromatic carbocycles. The molecule has 0 heterocycles. The van der Waals surface area contributed by atoms with Crippen molar-refractivity contribution in [1.82, 2.24) is 5.32 Å². The average molecular weight is 229 g/mol. The second-order valence-corrected chi connectivity index (χ2v) is 4.67. The molecule has 0 spiro atoms. The molecule has 2 nitrogen and oxygen atoms in total. The Morgan fingerprint density at radius 1 is 1.41 bits per heavy atom. The van der Waals surface area contributed by atoms with Gasteiger partial charge in [-0.3, -0.25) is 4.79 Å². The summed E-state index contributed by atoms with van der Waals surface area (Å²) in [7, 11) is 0. The van der Waals surface area contributed by atoms with Crippen molar-refractivity contribution < 1.29 is 4.79 Å². The number of nitrogens with one attached hydrogen (secondary N) is 1. The second-order valence-electron chi connectivity index (χ2n) is 4.67. The third kappa shape index (κ3) is 3.45. The minimum Gasteiger partial charge on any atom is -0.353 e. The first-order valence-corrected chi connectivity index (χ1v) is 6.28. The molecule has 1 saturated carbocycles. The smallest absolute Gasteiger partial charge is 0.224 e.